The SMILES string of the molecule is CC(=O)Nc1ccc(C(=O)NN2C(=O)C(Cl)C2c2cccc([N+](=O)[O-])c2)cc1. The second kappa shape index (κ2) is 7.65. The summed E-state index contributed by atoms with van der Waals surface area (Å²) in [6.07, 6.45) is 0. The van der Waals surface area contributed by atoms with Gasteiger partial charge >= 0.3 is 0 Å². The van der Waals surface area contributed by atoms with Crippen molar-refractivity contribution in [1.29, 1.82) is 0 Å². The molecule has 0 spiro atoms. The lowest BCUT2D eigenvalue weighted by Gasteiger charge is -2.43. The van der Waals surface area contributed by atoms with E-state index in [9.17, 15) is 24.5 Å². The number of β-lactam (4-membered cyclic amide) rings is 1. The van der Waals surface area contributed by atoms with E-state index in [1.165, 1.54) is 37.3 Å². The normalized spacial score (nSPS) is 18.2. The number of nitro benzene ring substituents is 1. The second-order valence-electron chi connectivity index (χ2n) is 6.11. The van der Waals surface area contributed by atoms with Gasteiger partial charge in [0, 0.05) is 30.3 Å². The highest BCUT2D eigenvalue weighted by Gasteiger charge is 2.48. The number of nitro groups is 1. The van der Waals surface area contributed by atoms with Crippen LogP contribution in [0, 0.1) is 10.1 Å². The highest BCUT2D eigenvalue weighted by atomic mass is 35.5. The predicted molar refractivity (Wildman–Crippen MR) is 101 cm³/mol. The molecule has 1 aliphatic heterocycles. The van der Waals surface area contributed by atoms with Gasteiger partial charge in [-0.1, -0.05) is 12.1 Å². The number of amides is 3. The van der Waals surface area contributed by atoms with Crippen LogP contribution in [-0.4, -0.2) is 33.0 Å². The molecular formula is C18H15ClN4O5. The van der Waals surface area contributed by atoms with Crippen LogP contribution in [0.15, 0.2) is 48.5 Å². The summed E-state index contributed by atoms with van der Waals surface area (Å²) < 4.78 is 0. The molecule has 10 heteroatoms. The highest BCUT2D eigenvalue weighted by molar-refractivity contribution is 6.33. The minimum Gasteiger partial charge on any atom is -0.326 e. The fraction of sp³-hybridized carbons (Fsp3) is 0.167. The number of non-ortho nitro benzene ring substituents is 1. The molecule has 0 bridgehead atoms. The van der Waals surface area contributed by atoms with Gasteiger partial charge in [0.15, 0.2) is 0 Å². The predicted octanol–water partition coefficient (Wildman–Crippen LogP) is 2.39. The monoisotopic (exact) mass is 402 g/mol. The van der Waals surface area contributed by atoms with Gasteiger partial charge in [-0.2, -0.15) is 0 Å². The van der Waals surface area contributed by atoms with Crippen molar-refractivity contribution in [2.24, 2.45) is 0 Å². The van der Waals surface area contributed by atoms with Gasteiger partial charge < -0.3 is 5.32 Å². The van der Waals surface area contributed by atoms with Crippen LogP contribution in [0.2, 0.25) is 0 Å². The Balaban J connectivity index is 1.76. The van der Waals surface area contributed by atoms with E-state index in [1.54, 1.807) is 18.2 Å². The number of carbonyl (C=O) groups is 3. The number of hydrogen-bond acceptors (Lipinski definition) is 5. The zero-order valence-electron chi connectivity index (χ0n) is 14.6. The first-order valence-electron chi connectivity index (χ1n) is 8.18. The third-order valence-corrected chi connectivity index (χ3v) is 4.57. The molecule has 0 saturated carbocycles. The molecule has 3 rings (SSSR count). The van der Waals surface area contributed by atoms with Crippen molar-refractivity contribution < 1.29 is 19.3 Å². The Labute approximate surface area is 164 Å². The Morgan fingerprint density at radius 1 is 1.18 bits per heavy atom. The standard InChI is InChI=1S/C18H15ClN4O5/c1-10(24)20-13-7-5-11(6-8-13)17(25)21-22-16(15(19)18(22)26)12-3-2-4-14(9-12)23(27)28/h2-9,15-16H,1H3,(H,20,24)(H,21,25). The molecule has 1 fully saturated rings. The molecule has 1 saturated heterocycles. The molecule has 2 unspecified atom stereocenters. The van der Waals surface area contributed by atoms with Gasteiger partial charge in [0.1, 0.15) is 11.4 Å². The van der Waals surface area contributed by atoms with Crippen LogP contribution >= 0.6 is 11.6 Å². The zero-order chi connectivity index (χ0) is 20.4. The van der Waals surface area contributed by atoms with Crippen molar-refractivity contribution in [1.82, 2.24) is 10.4 Å². The first kappa shape index (κ1) is 19.3. The first-order chi connectivity index (χ1) is 13.3. The van der Waals surface area contributed by atoms with Crippen molar-refractivity contribution in [3.63, 3.8) is 0 Å². The molecule has 9 nitrogen and oxygen atoms in total. The average molecular weight is 403 g/mol. The van der Waals surface area contributed by atoms with Crippen LogP contribution in [-0.2, 0) is 9.59 Å². The van der Waals surface area contributed by atoms with Gasteiger partial charge in [0.2, 0.25) is 5.91 Å². The Hall–Kier alpha value is -3.46. The summed E-state index contributed by atoms with van der Waals surface area (Å²) in [6.45, 7) is 1.37. The van der Waals surface area contributed by atoms with E-state index in [-0.39, 0.29) is 17.2 Å². The summed E-state index contributed by atoms with van der Waals surface area (Å²) in [4.78, 5) is 46.0. The zero-order valence-corrected chi connectivity index (χ0v) is 15.3. The van der Waals surface area contributed by atoms with Gasteiger partial charge in [0.05, 0.1) is 4.92 Å². The van der Waals surface area contributed by atoms with E-state index in [4.69, 9.17) is 11.6 Å². The van der Waals surface area contributed by atoms with Crippen LogP contribution in [0.1, 0.15) is 28.9 Å². The van der Waals surface area contributed by atoms with Gasteiger partial charge in [-0.25, -0.2) is 5.01 Å². The fourth-order valence-electron chi connectivity index (χ4n) is 2.80. The largest absolute Gasteiger partial charge is 0.326 e. The summed E-state index contributed by atoms with van der Waals surface area (Å²) in [7, 11) is 0. The van der Waals surface area contributed by atoms with Crippen molar-refractivity contribution in [2.75, 3.05) is 5.32 Å². The minimum atomic E-state index is -0.940. The Kier molecular flexibility index (Phi) is 5.27. The summed E-state index contributed by atoms with van der Waals surface area (Å²) in [5.41, 5.74) is 3.56. The van der Waals surface area contributed by atoms with Crippen LogP contribution in [0.25, 0.3) is 0 Å². The summed E-state index contributed by atoms with van der Waals surface area (Å²) in [5.74, 6) is -1.31. The van der Waals surface area contributed by atoms with Gasteiger partial charge in [0.25, 0.3) is 17.5 Å². The number of hydrazine groups is 1. The molecule has 0 aromatic heterocycles. The fourth-order valence-corrected chi connectivity index (χ4v) is 3.16. The van der Waals surface area contributed by atoms with Crippen LogP contribution in [0.4, 0.5) is 11.4 Å². The van der Waals surface area contributed by atoms with Crippen molar-refractivity contribution in [3.8, 4) is 0 Å². The molecule has 1 aliphatic rings. The molecule has 3 amide bonds. The molecule has 2 atom stereocenters. The molecule has 0 aliphatic carbocycles. The molecule has 0 radical (unpaired) electrons. The smallest absolute Gasteiger partial charge is 0.269 e. The van der Waals surface area contributed by atoms with E-state index >= 15 is 0 Å². The number of nitrogens with one attached hydrogen (secondary N) is 2. The first-order valence-corrected chi connectivity index (χ1v) is 8.61. The minimum absolute atomic E-state index is 0.138. The number of halogens is 1. The molecule has 2 N–H and O–H groups in total. The van der Waals surface area contributed by atoms with Crippen molar-refractivity contribution in [3.05, 3.63) is 69.8 Å². The van der Waals surface area contributed by atoms with Crippen LogP contribution in [0.5, 0.6) is 0 Å². The van der Waals surface area contributed by atoms with Crippen LogP contribution < -0.4 is 10.7 Å². The molecule has 2 aromatic carbocycles. The maximum absolute atomic E-state index is 12.4. The molecular weight excluding hydrogens is 388 g/mol. The molecule has 144 valence electrons. The Morgan fingerprint density at radius 2 is 1.86 bits per heavy atom. The van der Waals surface area contributed by atoms with Crippen molar-refractivity contribution in [2.45, 2.75) is 18.3 Å². The van der Waals surface area contributed by atoms with E-state index in [0.29, 0.717) is 11.3 Å². The lowest BCUT2D eigenvalue weighted by Crippen LogP contribution is -2.63. The number of nitrogens with zero attached hydrogens (tertiary/aromatic N) is 2. The number of benzene rings is 2. The number of carbonyl (C=O) groups excluding carboxylic acids is 3. The number of alkyl halides is 1. The third kappa shape index (κ3) is 3.79. The van der Waals surface area contributed by atoms with E-state index in [0.717, 1.165) is 5.01 Å². The summed E-state index contributed by atoms with van der Waals surface area (Å²) >= 11 is 6.07. The quantitative estimate of drug-likeness (QED) is 0.344. The number of anilines is 1. The van der Waals surface area contributed by atoms with Gasteiger partial charge in [-0.05, 0) is 29.8 Å². The van der Waals surface area contributed by atoms with Gasteiger partial charge in [-0.3, -0.25) is 29.9 Å². The average Bonchev–Trinajstić information content (AvgIpc) is 2.67. The molecule has 28 heavy (non-hydrogen) atoms. The summed E-state index contributed by atoms with van der Waals surface area (Å²) in [6, 6.07) is 11.1. The lowest BCUT2D eigenvalue weighted by molar-refractivity contribution is -0.385. The highest BCUT2D eigenvalue weighted by Crippen LogP contribution is 2.38. The Bertz CT molecular complexity index is 963. The van der Waals surface area contributed by atoms with E-state index < -0.39 is 28.2 Å². The maximum Gasteiger partial charge on any atom is 0.269 e. The number of hydrogen-bond donors (Lipinski definition) is 2. The van der Waals surface area contributed by atoms with Gasteiger partial charge in [-0.15, -0.1) is 11.6 Å². The summed E-state index contributed by atoms with van der Waals surface area (Å²) in [5, 5.41) is 13.7. The number of rotatable bonds is 5. The lowest BCUT2D eigenvalue weighted by atomic mass is 9.95. The molecule has 2 aromatic rings. The van der Waals surface area contributed by atoms with Crippen LogP contribution in [0.3, 0.4) is 0 Å². The molecule has 1 heterocycles. The Morgan fingerprint density at radius 3 is 2.46 bits per heavy atom. The van der Waals surface area contributed by atoms with E-state index in [1.807, 2.05) is 0 Å². The third-order valence-electron chi connectivity index (χ3n) is 4.14. The second-order valence-corrected chi connectivity index (χ2v) is 6.58. The van der Waals surface area contributed by atoms with E-state index in [2.05, 4.69) is 10.7 Å². The van der Waals surface area contributed by atoms with Crippen molar-refractivity contribution >= 4 is 40.7 Å². The topological polar surface area (TPSA) is 122 Å². The maximum atomic E-state index is 12.4.